The van der Waals surface area contributed by atoms with Gasteiger partial charge in [0.2, 0.25) is 0 Å². The fourth-order valence-electron chi connectivity index (χ4n) is 1.62. The van der Waals surface area contributed by atoms with Crippen LogP contribution in [0.15, 0.2) is 12.1 Å². The summed E-state index contributed by atoms with van der Waals surface area (Å²) in [7, 11) is 3.33. The lowest BCUT2D eigenvalue weighted by Gasteiger charge is -2.18. The predicted molar refractivity (Wildman–Crippen MR) is 72.7 cm³/mol. The summed E-state index contributed by atoms with van der Waals surface area (Å²) < 4.78 is 10.9. The minimum atomic E-state index is -0.676. The second kappa shape index (κ2) is 6.83. The third-order valence-electron chi connectivity index (χ3n) is 2.40. The highest BCUT2D eigenvalue weighted by molar-refractivity contribution is 6.31. The van der Waals surface area contributed by atoms with Crippen LogP contribution in [0.4, 0.5) is 0 Å². The van der Waals surface area contributed by atoms with Gasteiger partial charge in [0.1, 0.15) is 0 Å². The highest BCUT2D eigenvalue weighted by Gasteiger charge is 2.16. The first kappa shape index (κ1) is 15.1. The molecule has 0 saturated heterocycles. The average molecular weight is 274 g/mol. The zero-order chi connectivity index (χ0) is 13.7. The number of nitrogens with one attached hydrogen (secondary N) is 1. The zero-order valence-corrected chi connectivity index (χ0v) is 11.9. The van der Waals surface area contributed by atoms with Gasteiger partial charge in [0.25, 0.3) is 0 Å². The van der Waals surface area contributed by atoms with Gasteiger partial charge >= 0.3 is 0 Å². The van der Waals surface area contributed by atoms with Crippen LogP contribution in [-0.2, 0) is 0 Å². The van der Waals surface area contributed by atoms with Crippen molar-refractivity contribution >= 4 is 11.6 Å². The fourth-order valence-corrected chi connectivity index (χ4v) is 1.89. The summed E-state index contributed by atoms with van der Waals surface area (Å²) in [6, 6.07) is 3.39. The van der Waals surface area contributed by atoms with E-state index in [-0.39, 0.29) is 6.10 Å². The summed E-state index contributed by atoms with van der Waals surface area (Å²) in [6.45, 7) is 4.28. The van der Waals surface area contributed by atoms with Crippen LogP contribution in [0, 0.1) is 0 Å². The number of hydrogen-bond acceptors (Lipinski definition) is 4. The molecule has 5 heteroatoms. The van der Waals surface area contributed by atoms with E-state index < -0.39 is 6.10 Å². The van der Waals surface area contributed by atoms with Gasteiger partial charge in [-0.25, -0.2) is 0 Å². The molecule has 1 unspecified atom stereocenters. The Hall–Kier alpha value is -0.970. The van der Waals surface area contributed by atoms with Crippen LogP contribution in [0.2, 0.25) is 5.02 Å². The van der Waals surface area contributed by atoms with Crippen LogP contribution in [0.5, 0.6) is 11.5 Å². The summed E-state index contributed by atoms with van der Waals surface area (Å²) in [5.41, 5.74) is 0.624. The summed E-state index contributed by atoms with van der Waals surface area (Å²) in [5.74, 6) is 1.15. The number of aliphatic hydroxyl groups excluding tert-OH is 1. The van der Waals surface area contributed by atoms with E-state index in [0.29, 0.717) is 28.6 Å². The van der Waals surface area contributed by atoms with Gasteiger partial charge in [-0.2, -0.15) is 0 Å². The molecule has 0 spiro atoms. The molecular formula is C13H20ClNO3. The number of hydrogen-bond donors (Lipinski definition) is 2. The molecule has 0 bridgehead atoms. The molecule has 0 saturated carbocycles. The summed E-state index contributed by atoms with van der Waals surface area (Å²) in [6.07, 6.45) is -0.646. The maximum absolute atomic E-state index is 9.95. The Labute approximate surface area is 113 Å². The minimum Gasteiger partial charge on any atom is -0.493 e. The molecule has 102 valence electrons. The van der Waals surface area contributed by atoms with Gasteiger partial charge in [0.15, 0.2) is 11.5 Å². The van der Waals surface area contributed by atoms with Crippen molar-refractivity contribution in [1.82, 2.24) is 5.32 Å². The second-order valence-corrected chi connectivity index (χ2v) is 4.67. The molecule has 18 heavy (non-hydrogen) atoms. The standard InChI is InChI=1S/C13H20ClNO3/c1-8(2)18-13-6-10(14)9(5-12(13)17-4)11(16)7-15-3/h5-6,8,11,15-16H,7H2,1-4H3. The summed E-state index contributed by atoms with van der Waals surface area (Å²) in [4.78, 5) is 0. The molecule has 0 radical (unpaired) electrons. The van der Waals surface area contributed by atoms with E-state index in [1.165, 1.54) is 0 Å². The first-order chi connectivity index (χ1) is 8.49. The van der Waals surface area contributed by atoms with Gasteiger partial charge < -0.3 is 19.9 Å². The first-order valence-electron chi connectivity index (χ1n) is 5.86. The van der Waals surface area contributed by atoms with Gasteiger partial charge in [-0.3, -0.25) is 0 Å². The molecule has 4 nitrogen and oxygen atoms in total. The molecule has 0 aliphatic heterocycles. The quantitative estimate of drug-likeness (QED) is 0.836. The normalized spacial score (nSPS) is 12.6. The van der Waals surface area contributed by atoms with Crippen LogP contribution >= 0.6 is 11.6 Å². The SMILES string of the molecule is CNCC(O)c1cc(OC)c(OC(C)C)cc1Cl. The van der Waals surface area contributed by atoms with Crippen LogP contribution < -0.4 is 14.8 Å². The van der Waals surface area contributed by atoms with Gasteiger partial charge in [-0.05, 0) is 27.0 Å². The second-order valence-electron chi connectivity index (χ2n) is 4.26. The largest absolute Gasteiger partial charge is 0.493 e. The van der Waals surface area contributed by atoms with Crippen molar-refractivity contribution in [2.45, 2.75) is 26.1 Å². The maximum atomic E-state index is 9.95. The minimum absolute atomic E-state index is 0.0306. The maximum Gasteiger partial charge on any atom is 0.163 e. The molecule has 0 aliphatic carbocycles. The molecule has 0 aliphatic rings. The van der Waals surface area contributed by atoms with Crippen molar-refractivity contribution in [2.75, 3.05) is 20.7 Å². The lowest BCUT2D eigenvalue weighted by Crippen LogP contribution is -2.17. The van der Waals surface area contributed by atoms with Gasteiger partial charge in [0.05, 0.1) is 24.3 Å². The number of aliphatic hydroxyl groups is 1. The van der Waals surface area contributed by atoms with Crippen molar-refractivity contribution in [3.05, 3.63) is 22.7 Å². The molecule has 1 atom stereocenters. The Morgan fingerprint density at radius 2 is 2.00 bits per heavy atom. The van der Waals surface area contributed by atoms with E-state index in [9.17, 15) is 5.11 Å². The molecule has 0 amide bonds. The third kappa shape index (κ3) is 3.77. The smallest absolute Gasteiger partial charge is 0.163 e. The zero-order valence-electron chi connectivity index (χ0n) is 11.2. The monoisotopic (exact) mass is 273 g/mol. The van der Waals surface area contributed by atoms with Crippen molar-refractivity contribution in [3.8, 4) is 11.5 Å². The van der Waals surface area contributed by atoms with E-state index in [1.807, 2.05) is 13.8 Å². The first-order valence-corrected chi connectivity index (χ1v) is 6.24. The van der Waals surface area contributed by atoms with Crippen LogP contribution in [0.1, 0.15) is 25.5 Å². The summed E-state index contributed by atoms with van der Waals surface area (Å²) in [5, 5.41) is 13.3. The van der Waals surface area contributed by atoms with Gasteiger partial charge in [0, 0.05) is 18.2 Å². The number of methoxy groups -OCH3 is 1. The number of halogens is 1. The number of likely N-dealkylation sites (N-methyl/N-ethyl adjacent to an activating group) is 1. The Bertz CT molecular complexity index is 396. The number of benzene rings is 1. The summed E-state index contributed by atoms with van der Waals surface area (Å²) >= 11 is 6.15. The Balaban J connectivity index is 3.09. The van der Waals surface area contributed by atoms with E-state index >= 15 is 0 Å². The Morgan fingerprint density at radius 3 is 2.50 bits per heavy atom. The molecule has 0 fully saturated rings. The highest BCUT2D eigenvalue weighted by Crippen LogP contribution is 2.36. The average Bonchev–Trinajstić information content (AvgIpc) is 2.28. The third-order valence-corrected chi connectivity index (χ3v) is 2.73. The molecule has 0 heterocycles. The van der Waals surface area contributed by atoms with Crippen LogP contribution in [0.3, 0.4) is 0 Å². The molecule has 1 aromatic rings. The topological polar surface area (TPSA) is 50.7 Å². The van der Waals surface area contributed by atoms with E-state index in [1.54, 1.807) is 26.3 Å². The molecular weight excluding hydrogens is 254 g/mol. The lowest BCUT2D eigenvalue weighted by molar-refractivity contribution is 0.177. The van der Waals surface area contributed by atoms with Gasteiger partial charge in [-0.1, -0.05) is 11.6 Å². The van der Waals surface area contributed by atoms with Crippen molar-refractivity contribution < 1.29 is 14.6 Å². The molecule has 1 aromatic carbocycles. The Morgan fingerprint density at radius 1 is 1.33 bits per heavy atom. The van der Waals surface area contributed by atoms with Gasteiger partial charge in [-0.15, -0.1) is 0 Å². The van der Waals surface area contributed by atoms with Crippen LogP contribution in [0.25, 0.3) is 0 Å². The highest BCUT2D eigenvalue weighted by atomic mass is 35.5. The van der Waals surface area contributed by atoms with E-state index in [0.717, 1.165) is 0 Å². The molecule has 1 rings (SSSR count). The fraction of sp³-hybridized carbons (Fsp3) is 0.538. The van der Waals surface area contributed by atoms with Crippen LogP contribution in [-0.4, -0.2) is 31.9 Å². The van der Waals surface area contributed by atoms with Crippen molar-refractivity contribution in [2.24, 2.45) is 0 Å². The van der Waals surface area contributed by atoms with E-state index in [2.05, 4.69) is 5.32 Å². The predicted octanol–water partition coefficient (Wildman–Crippen LogP) is 2.39. The molecule has 2 N–H and O–H groups in total. The van der Waals surface area contributed by atoms with Crippen molar-refractivity contribution in [1.29, 1.82) is 0 Å². The number of rotatable bonds is 6. The van der Waals surface area contributed by atoms with Crippen molar-refractivity contribution in [3.63, 3.8) is 0 Å². The number of ether oxygens (including phenoxy) is 2. The molecule has 0 aromatic heterocycles. The lowest BCUT2D eigenvalue weighted by atomic mass is 10.1. The Kier molecular flexibility index (Phi) is 5.72. The van der Waals surface area contributed by atoms with E-state index in [4.69, 9.17) is 21.1 Å².